The van der Waals surface area contributed by atoms with Crippen LogP contribution in [0, 0.1) is 0 Å². The monoisotopic (exact) mass is 244 g/mol. The highest BCUT2D eigenvalue weighted by Gasteiger charge is 2.19. The van der Waals surface area contributed by atoms with Crippen LogP contribution >= 0.6 is 11.6 Å². The summed E-state index contributed by atoms with van der Waals surface area (Å²) in [5.74, 6) is 0.673. The molecule has 2 rings (SSSR count). The van der Waals surface area contributed by atoms with E-state index in [1.165, 1.54) is 12.8 Å². The Bertz CT molecular complexity index is 335. The first-order valence-electron chi connectivity index (χ1n) is 5.80. The molecule has 1 fully saturated rings. The molecule has 0 saturated heterocycles. The van der Waals surface area contributed by atoms with Crippen LogP contribution < -0.4 is 4.74 Å². The van der Waals surface area contributed by atoms with Gasteiger partial charge >= 0.3 is 0 Å². The van der Waals surface area contributed by atoms with Crippen LogP contribution in [-0.4, -0.2) is 27.6 Å². The summed E-state index contributed by atoms with van der Waals surface area (Å²) in [5.41, 5.74) is 0. The summed E-state index contributed by atoms with van der Waals surface area (Å²) in [6.45, 7) is 0.776. The maximum absolute atomic E-state index is 8.74. The molecule has 0 spiro atoms. The molecule has 4 nitrogen and oxygen atoms in total. The van der Waals surface area contributed by atoms with Crippen LogP contribution in [0.3, 0.4) is 0 Å². The smallest absolute Gasteiger partial charge is 0.176 e. The molecule has 0 bridgehead atoms. The maximum atomic E-state index is 8.74. The lowest BCUT2D eigenvalue weighted by Gasteiger charge is -2.11. The van der Waals surface area contributed by atoms with Crippen LogP contribution in [-0.2, 0) is 6.54 Å². The number of nitrogens with zero attached hydrogens (tertiary/aromatic N) is 2. The normalized spacial score (nSPS) is 16.9. The molecule has 16 heavy (non-hydrogen) atoms. The minimum atomic E-state index is 0.148. The van der Waals surface area contributed by atoms with E-state index in [4.69, 9.17) is 21.4 Å². The fraction of sp³-hybridized carbons (Fsp3) is 0.727. The second-order valence-corrected chi connectivity index (χ2v) is 4.48. The van der Waals surface area contributed by atoms with Gasteiger partial charge in [0.1, 0.15) is 0 Å². The lowest BCUT2D eigenvalue weighted by Crippen LogP contribution is -2.10. The van der Waals surface area contributed by atoms with Crippen LogP contribution in [0.2, 0.25) is 5.15 Å². The lowest BCUT2D eigenvalue weighted by molar-refractivity contribution is 0.210. The zero-order valence-corrected chi connectivity index (χ0v) is 9.99. The number of aliphatic hydroxyl groups excluding tert-OH is 1. The summed E-state index contributed by atoms with van der Waals surface area (Å²) in [4.78, 5) is 0. The average Bonchev–Trinajstić information content (AvgIpc) is 2.89. The zero-order valence-electron chi connectivity index (χ0n) is 9.23. The molecule has 0 aliphatic heterocycles. The molecule has 0 unspecified atom stereocenters. The van der Waals surface area contributed by atoms with E-state index in [2.05, 4.69) is 5.10 Å². The zero-order chi connectivity index (χ0) is 11.4. The van der Waals surface area contributed by atoms with Crippen molar-refractivity contribution in [3.63, 3.8) is 0 Å². The highest BCUT2D eigenvalue weighted by molar-refractivity contribution is 6.31. The summed E-state index contributed by atoms with van der Waals surface area (Å²) >= 11 is 6.13. The van der Waals surface area contributed by atoms with Gasteiger partial charge in [0.15, 0.2) is 10.9 Å². The third kappa shape index (κ3) is 2.68. The van der Waals surface area contributed by atoms with E-state index in [-0.39, 0.29) is 6.61 Å². The molecule has 1 saturated carbocycles. The number of rotatable bonds is 5. The predicted molar refractivity (Wildman–Crippen MR) is 61.8 cm³/mol. The van der Waals surface area contributed by atoms with Crippen LogP contribution in [0.5, 0.6) is 5.75 Å². The topological polar surface area (TPSA) is 47.3 Å². The molecule has 0 atom stereocenters. The third-order valence-corrected chi connectivity index (χ3v) is 3.25. The van der Waals surface area contributed by atoms with Crippen molar-refractivity contribution in [2.45, 2.75) is 44.8 Å². The van der Waals surface area contributed by atoms with Crippen LogP contribution in [0.1, 0.15) is 32.1 Å². The summed E-state index contributed by atoms with van der Waals surface area (Å²) in [7, 11) is 0. The number of ether oxygens (including phenoxy) is 1. The number of aromatic nitrogens is 2. The minimum absolute atomic E-state index is 0.148. The Morgan fingerprint density at radius 1 is 1.50 bits per heavy atom. The molecule has 5 heteroatoms. The molecular weight excluding hydrogens is 228 g/mol. The van der Waals surface area contributed by atoms with E-state index in [9.17, 15) is 0 Å². The first kappa shape index (κ1) is 11.7. The van der Waals surface area contributed by atoms with E-state index < -0.39 is 0 Å². The van der Waals surface area contributed by atoms with Crippen molar-refractivity contribution in [2.75, 3.05) is 6.61 Å². The van der Waals surface area contributed by atoms with Gasteiger partial charge in [-0.2, -0.15) is 5.10 Å². The Hall–Kier alpha value is -0.740. The summed E-state index contributed by atoms with van der Waals surface area (Å²) in [6, 6.07) is 0. The highest BCUT2D eigenvalue weighted by Crippen LogP contribution is 2.29. The first-order valence-corrected chi connectivity index (χ1v) is 6.18. The second-order valence-electron chi connectivity index (χ2n) is 4.12. The Labute approximate surface area is 100 Å². The van der Waals surface area contributed by atoms with E-state index in [1.54, 1.807) is 10.9 Å². The number of aryl methyl sites for hydroxylation is 1. The predicted octanol–water partition coefficient (Wildman–Crippen LogP) is 2.24. The Kier molecular flexibility index (Phi) is 4.07. The van der Waals surface area contributed by atoms with E-state index in [0.717, 1.165) is 12.8 Å². The van der Waals surface area contributed by atoms with Crippen LogP contribution in [0.15, 0.2) is 6.20 Å². The standard InChI is InChI=1S/C11H17ClN2O2/c12-11-10(16-9-4-1-2-5-9)8-13-14(11)6-3-7-15/h8-9,15H,1-7H2. The fourth-order valence-corrected chi connectivity index (χ4v) is 2.22. The van der Waals surface area contributed by atoms with Crippen molar-refractivity contribution in [3.8, 4) is 5.75 Å². The van der Waals surface area contributed by atoms with E-state index >= 15 is 0 Å². The lowest BCUT2D eigenvalue weighted by atomic mass is 10.3. The molecule has 1 aliphatic rings. The highest BCUT2D eigenvalue weighted by atomic mass is 35.5. The average molecular weight is 245 g/mol. The first-order chi connectivity index (χ1) is 7.81. The molecule has 1 N–H and O–H groups in total. The van der Waals surface area contributed by atoms with Gasteiger partial charge in [-0.25, -0.2) is 0 Å². The summed E-state index contributed by atoms with van der Waals surface area (Å²) in [5, 5.41) is 13.4. The Morgan fingerprint density at radius 3 is 2.94 bits per heavy atom. The number of hydrogen-bond acceptors (Lipinski definition) is 3. The number of aliphatic hydroxyl groups is 1. The van der Waals surface area contributed by atoms with Crippen LogP contribution in [0.25, 0.3) is 0 Å². The van der Waals surface area contributed by atoms with Gasteiger partial charge in [-0.05, 0) is 32.1 Å². The van der Waals surface area contributed by atoms with Crippen molar-refractivity contribution in [3.05, 3.63) is 11.3 Å². The third-order valence-electron chi connectivity index (χ3n) is 2.87. The van der Waals surface area contributed by atoms with E-state index in [1.807, 2.05) is 0 Å². The fourth-order valence-electron chi connectivity index (χ4n) is 1.99. The Balaban J connectivity index is 1.95. The minimum Gasteiger partial charge on any atom is -0.486 e. The van der Waals surface area contributed by atoms with Crippen LogP contribution in [0.4, 0.5) is 0 Å². The van der Waals surface area contributed by atoms with Gasteiger partial charge in [-0.1, -0.05) is 11.6 Å². The number of halogens is 1. The summed E-state index contributed by atoms with van der Waals surface area (Å²) in [6.07, 6.45) is 7.31. The molecule has 1 aliphatic carbocycles. The van der Waals surface area contributed by atoms with Gasteiger partial charge in [0.25, 0.3) is 0 Å². The molecule has 1 aromatic heterocycles. The molecule has 1 aromatic rings. The van der Waals surface area contributed by atoms with Gasteiger partial charge in [-0.15, -0.1) is 0 Å². The molecule has 1 heterocycles. The molecule has 0 amide bonds. The largest absolute Gasteiger partial charge is 0.486 e. The van der Waals surface area contributed by atoms with Crippen molar-refractivity contribution >= 4 is 11.6 Å². The van der Waals surface area contributed by atoms with Crippen molar-refractivity contribution < 1.29 is 9.84 Å². The maximum Gasteiger partial charge on any atom is 0.176 e. The van der Waals surface area contributed by atoms with Gasteiger partial charge in [0.2, 0.25) is 0 Å². The number of hydrogen-bond donors (Lipinski definition) is 1. The van der Waals surface area contributed by atoms with Gasteiger partial charge < -0.3 is 9.84 Å². The Morgan fingerprint density at radius 2 is 2.25 bits per heavy atom. The van der Waals surface area contributed by atoms with Crippen molar-refractivity contribution in [2.24, 2.45) is 0 Å². The van der Waals surface area contributed by atoms with Crippen molar-refractivity contribution in [1.29, 1.82) is 0 Å². The molecular formula is C11H17ClN2O2. The molecule has 90 valence electrons. The van der Waals surface area contributed by atoms with E-state index in [0.29, 0.717) is 30.0 Å². The van der Waals surface area contributed by atoms with Gasteiger partial charge in [-0.3, -0.25) is 4.68 Å². The SMILES string of the molecule is OCCCn1ncc(OC2CCCC2)c1Cl. The van der Waals surface area contributed by atoms with Gasteiger partial charge in [0.05, 0.1) is 12.3 Å². The second kappa shape index (κ2) is 5.55. The van der Waals surface area contributed by atoms with Gasteiger partial charge in [0, 0.05) is 13.2 Å². The molecule has 0 aromatic carbocycles. The summed E-state index contributed by atoms with van der Waals surface area (Å²) < 4.78 is 7.46. The quantitative estimate of drug-likeness (QED) is 0.864. The van der Waals surface area contributed by atoms with Crippen molar-refractivity contribution in [1.82, 2.24) is 9.78 Å². The molecule has 0 radical (unpaired) electrons.